The average Bonchev–Trinajstić information content (AvgIpc) is 3.68. The molecule has 4 aromatic rings. The number of anilines is 2. The molecule has 0 unspecified atom stereocenters. The van der Waals surface area contributed by atoms with Gasteiger partial charge in [0.15, 0.2) is 0 Å². The fourth-order valence-corrected chi connectivity index (χ4v) is 4.68. The highest BCUT2D eigenvalue weighted by atomic mass is 16.5. The molecule has 9 nitrogen and oxygen atoms in total. The van der Waals surface area contributed by atoms with E-state index in [0.717, 1.165) is 73.5 Å². The number of nitrogens with one attached hydrogen (secondary N) is 2. The lowest BCUT2D eigenvalue weighted by Gasteiger charge is -2.34. The molecule has 2 aliphatic rings. The molecule has 9 heteroatoms. The van der Waals surface area contributed by atoms with Crippen molar-refractivity contribution in [2.45, 2.75) is 19.4 Å². The molecule has 1 aliphatic heterocycles. The van der Waals surface area contributed by atoms with Crippen LogP contribution in [0.2, 0.25) is 0 Å². The Bertz CT molecular complexity index is 1390. The maximum absolute atomic E-state index is 12.3. The molecule has 184 valence electrons. The SMILES string of the molecule is COc1cc(-c2ccc3nc(Nc4cc(CN5CCN(C(=O)C6CC6)CC5)ccn4)[nH]c3c2)ccn1. The zero-order valence-corrected chi connectivity index (χ0v) is 20.3. The number of H-pyrrole nitrogens is 1. The summed E-state index contributed by atoms with van der Waals surface area (Å²) in [4.78, 5) is 33.4. The second-order valence-corrected chi connectivity index (χ2v) is 9.45. The van der Waals surface area contributed by atoms with Crippen LogP contribution in [0.15, 0.2) is 54.9 Å². The van der Waals surface area contributed by atoms with Crippen LogP contribution in [0.3, 0.4) is 0 Å². The average molecular weight is 484 g/mol. The topological polar surface area (TPSA) is 99.3 Å². The van der Waals surface area contributed by atoms with Crippen molar-refractivity contribution in [1.82, 2.24) is 29.7 Å². The smallest absolute Gasteiger partial charge is 0.225 e. The van der Waals surface area contributed by atoms with Gasteiger partial charge in [-0.3, -0.25) is 9.69 Å². The molecule has 1 saturated carbocycles. The van der Waals surface area contributed by atoms with Crippen LogP contribution in [0.5, 0.6) is 5.88 Å². The second kappa shape index (κ2) is 9.58. The van der Waals surface area contributed by atoms with Crippen molar-refractivity contribution < 1.29 is 9.53 Å². The Morgan fingerprint density at radius 2 is 1.83 bits per heavy atom. The number of imidazole rings is 1. The summed E-state index contributed by atoms with van der Waals surface area (Å²) in [5, 5.41) is 3.31. The maximum Gasteiger partial charge on any atom is 0.225 e. The standard InChI is InChI=1S/C27H29N7O2/c1-36-25-16-21(7-9-29-25)20-4-5-22-23(15-20)31-27(30-22)32-24-14-18(6-8-28-24)17-33-10-12-34(13-11-33)26(35)19-2-3-19/h4-9,14-16,19H,2-3,10-13,17H2,1H3,(H2,28,30,31,32). The monoisotopic (exact) mass is 483 g/mol. The Hall–Kier alpha value is -3.98. The Kier molecular flexibility index (Phi) is 5.98. The molecule has 6 rings (SSSR count). The van der Waals surface area contributed by atoms with Gasteiger partial charge in [-0.2, -0.15) is 0 Å². The predicted octanol–water partition coefficient (Wildman–Crippen LogP) is 3.83. The van der Waals surface area contributed by atoms with Crippen molar-refractivity contribution in [3.63, 3.8) is 0 Å². The van der Waals surface area contributed by atoms with Crippen molar-refractivity contribution in [2.75, 3.05) is 38.6 Å². The minimum Gasteiger partial charge on any atom is -0.481 e. The minimum atomic E-state index is 0.300. The van der Waals surface area contributed by atoms with Gasteiger partial charge < -0.3 is 19.9 Å². The number of hydrogen-bond donors (Lipinski definition) is 2. The van der Waals surface area contributed by atoms with Crippen LogP contribution in [-0.2, 0) is 11.3 Å². The Balaban J connectivity index is 1.11. The molecule has 36 heavy (non-hydrogen) atoms. The molecule has 4 heterocycles. The summed E-state index contributed by atoms with van der Waals surface area (Å²) in [7, 11) is 1.61. The highest BCUT2D eigenvalue weighted by Gasteiger charge is 2.34. The molecule has 0 atom stereocenters. The molecule has 1 amide bonds. The summed E-state index contributed by atoms with van der Waals surface area (Å²) in [6.07, 6.45) is 5.70. The first-order valence-corrected chi connectivity index (χ1v) is 12.4. The highest BCUT2D eigenvalue weighted by molar-refractivity contribution is 5.84. The number of aromatic amines is 1. The van der Waals surface area contributed by atoms with Crippen molar-refractivity contribution >= 4 is 28.7 Å². The number of pyridine rings is 2. The third-order valence-corrected chi connectivity index (χ3v) is 6.85. The minimum absolute atomic E-state index is 0.300. The number of piperazine rings is 1. The summed E-state index contributed by atoms with van der Waals surface area (Å²) in [5.74, 6) is 2.62. The third-order valence-electron chi connectivity index (χ3n) is 6.85. The number of rotatable bonds is 7. The van der Waals surface area contributed by atoms with E-state index in [0.29, 0.717) is 23.7 Å². The molecule has 0 radical (unpaired) electrons. The normalized spacial score (nSPS) is 16.3. The largest absolute Gasteiger partial charge is 0.481 e. The van der Waals surface area contributed by atoms with Crippen molar-refractivity contribution in [1.29, 1.82) is 0 Å². The van der Waals surface area contributed by atoms with E-state index in [1.165, 1.54) is 5.56 Å². The van der Waals surface area contributed by atoms with Crippen molar-refractivity contribution in [3.05, 3.63) is 60.4 Å². The Morgan fingerprint density at radius 1 is 1.03 bits per heavy atom. The zero-order valence-electron chi connectivity index (χ0n) is 20.3. The van der Waals surface area contributed by atoms with Gasteiger partial charge >= 0.3 is 0 Å². The summed E-state index contributed by atoms with van der Waals surface area (Å²) < 4.78 is 5.25. The molecule has 0 spiro atoms. The van der Waals surface area contributed by atoms with E-state index in [-0.39, 0.29) is 0 Å². The lowest BCUT2D eigenvalue weighted by Crippen LogP contribution is -2.48. The quantitative estimate of drug-likeness (QED) is 0.412. The Labute approximate surface area is 209 Å². The first kappa shape index (κ1) is 22.5. The van der Waals surface area contributed by atoms with E-state index < -0.39 is 0 Å². The number of ether oxygens (including phenoxy) is 1. The van der Waals surface area contributed by atoms with E-state index in [4.69, 9.17) is 4.74 Å². The van der Waals surface area contributed by atoms with Crippen LogP contribution < -0.4 is 10.1 Å². The number of carbonyl (C=O) groups is 1. The number of amides is 1. The molecule has 2 fully saturated rings. The van der Waals surface area contributed by atoms with Gasteiger partial charge in [0.1, 0.15) is 5.82 Å². The van der Waals surface area contributed by atoms with Gasteiger partial charge in [-0.25, -0.2) is 15.0 Å². The number of aromatic nitrogens is 4. The van der Waals surface area contributed by atoms with Gasteiger partial charge in [0, 0.05) is 57.1 Å². The van der Waals surface area contributed by atoms with Crippen molar-refractivity contribution in [2.24, 2.45) is 5.92 Å². The van der Waals surface area contributed by atoms with E-state index in [9.17, 15) is 4.79 Å². The van der Waals surface area contributed by atoms with Crippen LogP contribution in [0, 0.1) is 5.92 Å². The summed E-state index contributed by atoms with van der Waals surface area (Å²) in [6.45, 7) is 4.27. The predicted molar refractivity (Wildman–Crippen MR) is 138 cm³/mol. The molecule has 1 saturated heterocycles. The van der Waals surface area contributed by atoms with Crippen LogP contribution in [-0.4, -0.2) is 68.9 Å². The summed E-state index contributed by atoms with van der Waals surface area (Å²) >= 11 is 0. The Morgan fingerprint density at radius 3 is 2.64 bits per heavy atom. The number of hydrogen-bond acceptors (Lipinski definition) is 7. The number of nitrogens with zero attached hydrogens (tertiary/aromatic N) is 5. The number of methoxy groups -OCH3 is 1. The molecule has 3 aromatic heterocycles. The van der Waals surface area contributed by atoms with Gasteiger partial charge in [0.25, 0.3) is 0 Å². The third kappa shape index (κ3) is 4.87. The molecular formula is C27H29N7O2. The van der Waals surface area contributed by atoms with E-state index in [1.54, 1.807) is 13.3 Å². The van der Waals surface area contributed by atoms with Crippen LogP contribution in [0.1, 0.15) is 18.4 Å². The van der Waals surface area contributed by atoms with Gasteiger partial charge in [0.2, 0.25) is 17.7 Å². The highest BCUT2D eigenvalue weighted by Crippen LogP contribution is 2.31. The van der Waals surface area contributed by atoms with Crippen molar-refractivity contribution in [3.8, 4) is 17.0 Å². The molecule has 1 aromatic carbocycles. The van der Waals surface area contributed by atoms with Gasteiger partial charge in [-0.15, -0.1) is 0 Å². The van der Waals surface area contributed by atoms with E-state index >= 15 is 0 Å². The number of fused-ring (bicyclic) bond motifs is 1. The molecule has 2 N–H and O–H groups in total. The maximum atomic E-state index is 12.3. The second-order valence-electron chi connectivity index (χ2n) is 9.45. The van der Waals surface area contributed by atoms with Gasteiger partial charge in [-0.05, 0) is 59.9 Å². The fraction of sp³-hybridized carbons (Fsp3) is 0.333. The first-order valence-electron chi connectivity index (χ1n) is 12.4. The van der Waals surface area contributed by atoms with Gasteiger partial charge in [0.05, 0.1) is 18.1 Å². The number of carbonyl (C=O) groups excluding carboxylic acids is 1. The summed E-state index contributed by atoms with van der Waals surface area (Å²) in [5.41, 5.74) is 5.06. The lowest BCUT2D eigenvalue weighted by atomic mass is 10.1. The number of benzene rings is 1. The summed E-state index contributed by atoms with van der Waals surface area (Å²) in [6, 6.07) is 14.1. The van der Waals surface area contributed by atoms with Crippen LogP contribution >= 0.6 is 0 Å². The van der Waals surface area contributed by atoms with Crippen LogP contribution in [0.4, 0.5) is 11.8 Å². The fourth-order valence-electron chi connectivity index (χ4n) is 4.68. The molecular weight excluding hydrogens is 454 g/mol. The van der Waals surface area contributed by atoms with Gasteiger partial charge in [-0.1, -0.05) is 6.07 Å². The van der Waals surface area contributed by atoms with Crippen LogP contribution in [0.25, 0.3) is 22.2 Å². The zero-order chi connectivity index (χ0) is 24.5. The first-order chi connectivity index (χ1) is 17.6. The lowest BCUT2D eigenvalue weighted by molar-refractivity contribution is -0.134. The molecule has 0 bridgehead atoms. The van der Waals surface area contributed by atoms with E-state index in [2.05, 4.69) is 42.3 Å². The van der Waals surface area contributed by atoms with E-state index in [1.807, 2.05) is 41.4 Å². The molecule has 1 aliphatic carbocycles.